The molecular weight excluding hydrogens is 976 g/mol. The number of ether oxygens (including phenoxy) is 1. The Kier molecular flexibility index (Phi) is 7.40. The second-order valence-electron chi connectivity index (χ2n) is 16.3. The van der Waals surface area contributed by atoms with Gasteiger partial charge >= 0.3 is 0 Å². The molecule has 0 bridgehead atoms. The monoisotopic (exact) mass is 1030 g/mol. The molecule has 11 rings (SSSR count). The van der Waals surface area contributed by atoms with Gasteiger partial charge in [0.05, 0.1) is 37.3 Å². The zero-order valence-electron chi connectivity index (χ0n) is 50.1. The Labute approximate surface area is 415 Å². The molecule has 0 fully saturated rings. The fraction of sp³-hybridized carbons (Fsp3) is 0.0847. The number of rotatable bonds is 9. The SMILES string of the molecule is [2H]c1c([2H])c([2H])c(-c2cnc(-n3c4[c-]c(Oc5[c-]c(-n6[c-][n+](-c7c(-c8c([2H])c([2H])c([2H])c([2H])c8[2H])cccc7-c7c([2H])c([2H])c([2H])c([2H])c7[2H])c7ccccc76)ccc5)ccc4c4ccccc43)cc2CC(C)(C)C)c([2H])c1[2H].[Pt]. The summed E-state index contributed by atoms with van der Waals surface area (Å²) in [5, 5.41) is 1.76. The van der Waals surface area contributed by atoms with Crippen LogP contribution in [0.1, 0.15) is 46.9 Å². The Bertz CT molecular complexity index is 4220. The quantitative estimate of drug-likeness (QED) is 0.107. The molecule has 11 aromatic rings. The van der Waals surface area contributed by atoms with Gasteiger partial charge in [0, 0.05) is 49.8 Å². The summed E-state index contributed by atoms with van der Waals surface area (Å²) in [7, 11) is 0. The summed E-state index contributed by atoms with van der Waals surface area (Å²) in [5.74, 6) is 1.11. The second kappa shape index (κ2) is 17.3. The standard InChI is InChI=1S/C59H44N4O.Pt/c1-59(2,3)38-44-35-57(60-39-52(44)43-23-11-6-12-24-43)63-53-30-14-13-27-50(53)51-34-33-47(37-56(51)63)64-46-26-17-25-45(36-46)61-40-62(55-32-16-15-31-54(55)61)58-48(41-19-7-4-8-20-41)28-18-29-49(58)42-21-9-5-10-22-42;/h4-35,39H,38H2,1-3H3;/q-2;/i4D,5D,6D,7D,8D,9D,10D,11D,12D,19D,20D,21D,22D,23D,24D;. The van der Waals surface area contributed by atoms with Crippen molar-refractivity contribution in [3.05, 3.63) is 224 Å². The van der Waals surface area contributed by atoms with E-state index in [1.54, 1.807) is 69.9 Å². The molecular formula is C59H44N4OPt-2. The predicted molar refractivity (Wildman–Crippen MR) is 259 cm³/mol. The van der Waals surface area contributed by atoms with E-state index in [1.807, 2.05) is 53.1 Å². The molecule has 0 unspecified atom stereocenters. The minimum atomic E-state index is -0.597. The van der Waals surface area contributed by atoms with Crippen LogP contribution in [0.15, 0.2) is 200 Å². The van der Waals surface area contributed by atoms with E-state index in [9.17, 15) is 0 Å². The molecule has 0 aliphatic rings. The number of pyridine rings is 1. The van der Waals surface area contributed by atoms with Gasteiger partial charge in [-0.1, -0.05) is 178 Å². The van der Waals surface area contributed by atoms with E-state index in [-0.39, 0.29) is 77.8 Å². The molecule has 0 aliphatic carbocycles. The van der Waals surface area contributed by atoms with E-state index in [4.69, 9.17) is 30.3 Å². The molecule has 6 heteroatoms. The summed E-state index contributed by atoms with van der Waals surface area (Å²) < 4.78 is 142. The van der Waals surface area contributed by atoms with Crippen molar-refractivity contribution in [1.82, 2.24) is 14.1 Å². The third-order valence-corrected chi connectivity index (χ3v) is 10.8. The number of fused-ring (bicyclic) bond motifs is 4. The average molecular weight is 1040 g/mol. The molecule has 0 radical (unpaired) electrons. The smallest absolute Gasteiger partial charge is 0.268 e. The number of hydrogen-bond donors (Lipinski definition) is 0. The van der Waals surface area contributed by atoms with Crippen molar-refractivity contribution in [2.45, 2.75) is 27.2 Å². The second-order valence-corrected chi connectivity index (χ2v) is 16.3. The average Bonchev–Trinajstić information content (AvgIpc) is 4.18. The Morgan fingerprint density at radius 1 is 0.615 bits per heavy atom. The van der Waals surface area contributed by atoms with E-state index >= 15 is 0 Å². The summed E-state index contributed by atoms with van der Waals surface area (Å²) in [5.41, 5.74) is 3.90. The molecule has 0 atom stereocenters. The molecule has 65 heavy (non-hydrogen) atoms. The van der Waals surface area contributed by atoms with Gasteiger partial charge in [0.2, 0.25) is 0 Å². The minimum absolute atomic E-state index is 0. The normalized spacial score (nSPS) is 14.8. The first kappa shape index (κ1) is 27.8. The Morgan fingerprint density at radius 3 is 1.89 bits per heavy atom. The van der Waals surface area contributed by atoms with Crippen LogP contribution in [0.25, 0.3) is 83.4 Å². The van der Waals surface area contributed by atoms with Crippen LogP contribution in [-0.4, -0.2) is 14.1 Å². The first-order chi connectivity index (χ1) is 37.6. The van der Waals surface area contributed by atoms with Gasteiger partial charge in [-0.25, -0.2) is 4.98 Å². The number of para-hydroxylation sites is 4. The fourth-order valence-electron chi connectivity index (χ4n) is 8.21. The molecule has 318 valence electrons. The summed E-state index contributed by atoms with van der Waals surface area (Å²) in [6.45, 7) is 6.19. The topological polar surface area (TPSA) is 35.9 Å². The van der Waals surface area contributed by atoms with Gasteiger partial charge in [-0.05, 0) is 68.4 Å². The summed E-state index contributed by atoms with van der Waals surface area (Å²) in [6, 6.07) is 29.9. The van der Waals surface area contributed by atoms with Crippen molar-refractivity contribution in [2.24, 2.45) is 5.41 Å². The van der Waals surface area contributed by atoms with Crippen LogP contribution >= 0.6 is 0 Å². The third kappa shape index (κ3) is 7.98. The molecule has 0 amide bonds. The molecule has 3 aromatic heterocycles. The van der Waals surface area contributed by atoms with Crippen molar-refractivity contribution in [2.75, 3.05) is 0 Å². The summed E-state index contributed by atoms with van der Waals surface area (Å²) >= 11 is 0. The predicted octanol–water partition coefficient (Wildman–Crippen LogP) is 14.2. The van der Waals surface area contributed by atoms with Crippen LogP contribution in [0.2, 0.25) is 0 Å². The maximum atomic E-state index is 9.03. The number of imidazole rings is 1. The van der Waals surface area contributed by atoms with Crippen LogP contribution in [0.4, 0.5) is 0 Å². The molecule has 0 spiro atoms. The van der Waals surface area contributed by atoms with Gasteiger partial charge in [-0.3, -0.25) is 4.57 Å². The molecule has 5 nitrogen and oxygen atoms in total. The molecule has 0 saturated carbocycles. The summed E-state index contributed by atoms with van der Waals surface area (Å²) in [4.78, 5) is 4.91. The van der Waals surface area contributed by atoms with Crippen molar-refractivity contribution in [3.8, 4) is 62.1 Å². The van der Waals surface area contributed by atoms with E-state index in [0.29, 0.717) is 45.8 Å². The molecule has 0 N–H and O–H groups in total. The van der Waals surface area contributed by atoms with Crippen LogP contribution in [-0.2, 0) is 27.5 Å². The van der Waals surface area contributed by atoms with E-state index < -0.39 is 78.6 Å². The van der Waals surface area contributed by atoms with E-state index in [2.05, 4.69) is 39.2 Å². The third-order valence-electron chi connectivity index (χ3n) is 10.8. The van der Waals surface area contributed by atoms with Crippen LogP contribution in [0, 0.1) is 23.9 Å². The maximum absolute atomic E-state index is 9.03. The number of hydrogen-bond acceptors (Lipinski definition) is 2. The zero-order valence-corrected chi connectivity index (χ0v) is 37.4. The number of benzene rings is 8. The van der Waals surface area contributed by atoms with Crippen molar-refractivity contribution in [1.29, 1.82) is 0 Å². The Balaban J connectivity index is 0.00000720. The first-order valence-electron chi connectivity index (χ1n) is 28.0. The van der Waals surface area contributed by atoms with Crippen molar-refractivity contribution < 1.29 is 50.9 Å². The molecule has 3 heterocycles. The first-order valence-corrected chi connectivity index (χ1v) is 20.5. The maximum Gasteiger partial charge on any atom is 0.268 e. The Morgan fingerprint density at radius 2 is 1.22 bits per heavy atom. The zero-order chi connectivity index (χ0) is 56.3. The van der Waals surface area contributed by atoms with Gasteiger partial charge in [0.15, 0.2) is 0 Å². The van der Waals surface area contributed by atoms with Crippen LogP contribution in [0.3, 0.4) is 0 Å². The van der Waals surface area contributed by atoms with Gasteiger partial charge in [-0.2, -0.15) is 18.2 Å². The minimum Gasteiger partial charge on any atom is -0.510 e. The molecule has 8 aromatic carbocycles. The molecule has 0 saturated heterocycles. The van der Waals surface area contributed by atoms with Crippen molar-refractivity contribution in [3.63, 3.8) is 0 Å². The van der Waals surface area contributed by atoms with E-state index in [1.165, 1.54) is 0 Å². The number of nitrogens with zero attached hydrogens (tertiary/aromatic N) is 4. The van der Waals surface area contributed by atoms with Gasteiger partial charge in [0.1, 0.15) is 5.82 Å². The molecule has 0 aliphatic heterocycles. The largest absolute Gasteiger partial charge is 0.510 e. The van der Waals surface area contributed by atoms with Crippen LogP contribution in [0.5, 0.6) is 11.5 Å². The summed E-state index contributed by atoms with van der Waals surface area (Å²) in [6.07, 6.45) is 5.44. The number of aromatic nitrogens is 4. The Hall–Kier alpha value is -7.33. The fourth-order valence-corrected chi connectivity index (χ4v) is 8.21. The van der Waals surface area contributed by atoms with Gasteiger partial charge < -0.3 is 13.9 Å². The van der Waals surface area contributed by atoms with Crippen molar-refractivity contribution >= 4 is 32.8 Å². The van der Waals surface area contributed by atoms with Crippen LogP contribution < -0.4 is 9.30 Å². The van der Waals surface area contributed by atoms with E-state index in [0.717, 1.165) is 21.9 Å². The van der Waals surface area contributed by atoms with Gasteiger partial charge in [0.25, 0.3) is 6.33 Å². The van der Waals surface area contributed by atoms with Gasteiger partial charge in [-0.15, -0.1) is 29.7 Å².